The van der Waals surface area contributed by atoms with Crippen LogP contribution in [0.5, 0.6) is 0 Å². The van der Waals surface area contributed by atoms with Crippen molar-refractivity contribution in [2.24, 2.45) is 0 Å². The topological polar surface area (TPSA) is 55.6 Å². The third kappa shape index (κ3) is 2.68. The van der Waals surface area contributed by atoms with Crippen molar-refractivity contribution in [3.8, 4) is 0 Å². The zero-order chi connectivity index (χ0) is 13.8. The number of esters is 1. The fourth-order valence-corrected chi connectivity index (χ4v) is 1.89. The first-order valence-corrected chi connectivity index (χ1v) is 5.90. The van der Waals surface area contributed by atoms with Crippen LogP contribution in [-0.4, -0.2) is 20.1 Å². The van der Waals surface area contributed by atoms with Gasteiger partial charge in [-0.05, 0) is 36.4 Å². The van der Waals surface area contributed by atoms with E-state index in [2.05, 4.69) is 0 Å². The van der Waals surface area contributed by atoms with Crippen LogP contribution in [0.15, 0.2) is 48.5 Å². The first kappa shape index (κ1) is 13.0. The number of carbonyl (C=O) groups is 1. The smallest absolute Gasteiger partial charge is 0.339 e. The second-order valence-electron chi connectivity index (χ2n) is 4.16. The Hall–Kier alpha value is -2.49. The van der Waals surface area contributed by atoms with Crippen LogP contribution in [0.25, 0.3) is 0 Å². The van der Waals surface area contributed by atoms with Gasteiger partial charge in [-0.2, -0.15) is 0 Å². The highest BCUT2D eigenvalue weighted by atomic mass is 16.5. The molecule has 0 saturated carbocycles. The Morgan fingerprint density at radius 3 is 2.37 bits per heavy atom. The lowest BCUT2D eigenvalue weighted by atomic mass is 10.1. The minimum atomic E-state index is -0.349. The molecule has 98 valence electrons. The summed E-state index contributed by atoms with van der Waals surface area (Å²) in [5, 5.41) is 0. The summed E-state index contributed by atoms with van der Waals surface area (Å²) in [6, 6.07) is 14.8. The summed E-state index contributed by atoms with van der Waals surface area (Å²) in [6.45, 7) is 0. The van der Waals surface area contributed by atoms with Gasteiger partial charge in [-0.3, -0.25) is 0 Å². The third-order valence-electron chi connectivity index (χ3n) is 2.95. The van der Waals surface area contributed by atoms with Crippen molar-refractivity contribution in [1.82, 2.24) is 0 Å². The number of carbonyl (C=O) groups excluding carboxylic acids is 1. The van der Waals surface area contributed by atoms with E-state index in [0.717, 1.165) is 11.4 Å². The number of nitrogens with two attached hydrogens (primary N) is 1. The first-order chi connectivity index (χ1) is 9.13. The minimum Gasteiger partial charge on any atom is -0.465 e. The van der Waals surface area contributed by atoms with E-state index in [1.54, 1.807) is 6.07 Å². The molecular formula is C15H16N2O2. The molecule has 4 nitrogen and oxygen atoms in total. The van der Waals surface area contributed by atoms with Crippen molar-refractivity contribution in [3.63, 3.8) is 0 Å². The molecule has 2 aromatic carbocycles. The highest BCUT2D eigenvalue weighted by Gasteiger charge is 2.14. The molecule has 0 spiro atoms. The van der Waals surface area contributed by atoms with Crippen LogP contribution in [0.4, 0.5) is 17.1 Å². The number of anilines is 3. The standard InChI is InChI=1S/C15H16N2O2/c1-17(12-9-7-11(16)8-10-12)14-6-4-3-5-13(14)15(18)19-2/h3-10H,16H2,1-2H3. The lowest BCUT2D eigenvalue weighted by Crippen LogP contribution is -2.14. The summed E-state index contributed by atoms with van der Waals surface area (Å²) in [7, 11) is 3.27. The number of benzene rings is 2. The monoisotopic (exact) mass is 256 g/mol. The number of nitrogen functional groups attached to an aromatic ring is 1. The lowest BCUT2D eigenvalue weighted by Gasteiger charge is -2.21. The maximum absolute atomic E-state index is 11.8. The van der Waals surface area contributed by atoms with E-state index in [4.69, 9.17) is 10.5 Å². The second kappa shape index (κ2) is 5.44. The van der Waals surface area contributed by atoms with Crippen LogP contribution in [0, 0.1) is 0 Å². The molecule has 0 radical (unpaired) electrons. The predicted octanol–water partition coefficient (Wildman–Crippen LogP) is 2.82. The van der Waals surface area contributed by atoms with E-state index in [1.165, 1.54) is 7.11 Å². The number of hydrogen-bond acceptors (Lipinski definition) is 4. The molecule has 0 aliphatic rings. The Morgan fingerprint density at radius 1 is 1.11 bits per heavy atom. The molecule has 2 rings (SSSR count). The van der Waals surface area contributed by atoms with Gasteiger partial charge in [0.15, 0.2) is 0 Å². The van der Waals surface area contributed by atoms with Crippen molar-refractivity contribution < 1.29 is 9.53 Å². The molecule has 0 unspecified atom stereocenters. The highest BCUT2D eigenvalue weighted by Crippen LogP contribution is 2.27. The van der Waals surface area contributed by atoms with Gasteiger partial charge in [-0.1, -0.05) is 12.1 Å². The van der Waals surface area contributed by atoms with Gasteiger partial charge in [0.2, 0.25) is 0 Å². The van der Waals surface area contributed by atoms with Gasteiger partial charge in [0.25, 0.3) is 0 Å². The van der Waals surface area contributed by atoms with Gasteiger partial charge in [0.05, 0.1) is 18.4 Å². The molecule has 0 amide bonds. The van der Waals surface area contributed by atoms with Gasteiger partial charge < -0.3 is 15.4 Å². The summed E-state index contributed by atoms with van der Waals surface area (Å²) < 4.78 is 4.80. The van der Waals surface area contributed by atoms with Crippen molar-refractivity contribution >= 4 is 23.0 Å². The van der Waals surface area contributed by atoms with Crippen LogP contribution >= 0.6 is 0 Å². The molecule has 0 aliphatic heterocycles. The molecule has 0 aliphatic carbocycles. The largest absolute Gasteiger partial charge is 0.465 e. The molecule has 0 aromatic heterocycles. The van der Waals surface area contributed by atoms with E-state index in [1.807, 2.05) is 54.4 Å². The number of ether oxygens (including phenoxy) is 1. The fraction of sp³-hybridized carbons (Fsp3) is 0.133. The summed E-state index contributed by atoms with van der Waals surface area (Å²) in [5.41, 5.74) is 8.65. The van der Waals surface area contributed by atoms with E-state index in [9.17, 15) is 4.79 Å². The summed E-state index contributed by atoms with van der Waals surface area (Å²) in [5.74, 6) is -0.349. The molecule has 0 atom stereocenters. The molecule has 0 fully saturated rings. The SMILES string of the molecule is COC(=O)c1ccccc1N(C)c1ccc(N)cc1. The Bertz CT molecular complexity index is 579. The highest BCUT2D eigenvalue weighted by molar-refractivity contribution is 5.96. The zero-order valence-corrected chi connectivity index (χ0v) is 11.0. The molecule has 0 bridgehead atoms. The van der Waals surface area contributed by atoms with E-state index in [-0.39, 0.29) is 5.97 Å². The first-order valence-electron chi connectivity index (χ1n) is 5.90. The maximum atomic E-state index is 11.8. The molecule has 2 aromatic rings. The molecule has 0 heterocycles. The van der Waals surface area contributed by atoms with Crippen molar-refractivity contribution in [2.45, 2.75) is 0 Å². The summed E-state index contributed by atoms with van der Waals surface area (Å²) >= 11 is 0. The normalized spacial score (nSPS) is 10.0. The van der Waals surface area contributed by atoms with Crippen LogP contribution in [-0.2, 0) is 4.74 Å². The average molecular weight is 256 g/mol. The zero-order valence-electron chi connectivity index (χ0n) is 11.0. The Labute approximate surface area is 112 Å². The Morgan fingerprint density at radius 2 is 1.74 bits per heavy atom. The van der Waals surface area contributed by atoms with Crippen LogP contribution in [0.1, 0.15) is 10.4 Å². The minimum absolute atomic E-state index is 0.349. The van der Waals surface area contributed by atoms with Gasteiger partial charge in [-0.25, -0.2) is 4.79 Å². The predicted molar refractivity (Wildman–Crippen MR) is 76.7 cm³/mol. The number of para-hydroxylation sites is 1. The Kier molecular flexibility index (Phi) is 3.71. The second-order valence-corrected chi connectivity index (χ2v) is 4.16. The van der Waals surface area contributed by atoms with E-state index in [0.29, 0.717) is 11.3 Å². The summed E-state index contributed by atoms with van der Waals surface area (Å²) in [6.07, 6.45) is 0. The van der Waals surface area contributed by atoms with Gasteiger partial charge in [-0.15, -0.1) is 0 Å². The van der Waals surface area contributed by atoms with Crippen molar-refractivity contribution in [2.75, 3.05) is 24.8 Å². The molecule has 19 heavy (non-hydrogen) atoms. The maximum Gasteiger partial charge on any atom is 0.339 e. The van der Waals surface area contributed by atoms with Gasteiger partial charge in [0.1, 0.15) is 0 Å². The molecule has 0 saturated heterocycles. The van der Waals surface area contributed by atoms with Gasteiger partial charge >= 0.3 is 5.97 Å². The number of rotatable bonds is 3. The van der Waals surface area contributed by atoms with Crippen molar-refractivity contribution in [3.05, 3.63) is 54.1 Å². The van der Waals surface area contributed by atoms with Crippen LogP contribution in [0.2, 0.25) is 0 Å². The average Bonchev–Trinajstić information content (AvgIpc) is 2.46. The molecule has 4 heteroatoms. The molecule has 2 N–H and O–H groups in total. The fourth-order valence-electron chi connectivity index (χ4n) is 1.89. The number of methoxy groups -OCH3 is 1. The lowest BCUT2D eigenvalue weighted by molar-refractivity contribution is 0.0601. The van der Waals surface area contributed by atoms with Gasteiger partial charge in [0, 0.05) is 18.4 Å². The Balaban J connectivity index is 2.41. The van der Waals surface area contributed by atoms with Crippen molar-refractivity contribution in [1.29, 1.82) is 0 Å². The summed E-state index contributed by atoms with van der Waals surface area (Å²) in [4.78, 5) is 13.7. The molecular weight excluding hydrogens is 240 g/mol. The number of nitrogens with zero attached hydrogens (tertiary/aromatic N) is 1. The number of hydrogen-bond donors (Lipinski definition) is 1. The van der Waals surface area contributed by atoms with E-state index >= 15 is 0 Å². The third-order valence-corrected chi connectivity index (χ3v) is 2.95. The van der Waals surface area contributed by atoms with E-state index < -0.39 is 0 Å². The quantitative estimate of drug-likeness (QED) is 0.677. The van der Waals surface area contributed by atoms with Crippen LogP contribution in [0.3, 0.4) is 0 Å². The van der Waals surface area contributed by atoms with Crippen LogP contribution < -0.4 is 10.6 Å².